The first-order valence-corrected chi connectivity index (χ1v) is 7.82. The lowest BCUT2D eigenvalue weighted by molar-refractivity contribution is 0.0696. The quantitative estimate of drug-likeness (QED) is 0.843. The molecule has 2 N–H and O–H groups in total. The number of carboxylic acids is 1. The molecule has 1 atom stereocenters. The van der Waals surface area contributed by atoms with Crippen LogP contribution in [0.5, 0.6) is 0 Å². The zero-order valence-corrected chi connectivity index (χ0v) is 13.1. The van der Waals surface area contributed by atoms with Gasteiger partial charge in [-0.1, -0.05) is 35.9 Å². The lowest BCUT2D eigenvalue weighted by Crippen LogP contribution is -2.18. The molecule has 0 spiro atoms. The standard InChI is InChI=1S/C18H16ClNO3/c19-14-8-12(7-13(9-14)18(22)23)15-3-1-2-4-16(15)17(21)11-5-6-20-10-11/h1-4,7-9,11,20H,5-6,10H2,(H,22,23). The van der Waals surface area contributed by atoms with Gasteiger partial charge >= 0.3 is 5.97 Å². The molecule has 5 heteroatoms. The first kappa shape index (κ1) is 15.7. The van der Waals surface area contributed by atoms with Crippen LogP contribution in [-0.4, -0.2) is 29.9 Å². The maximum Gasteiger partial charge on any atom is 0.335 e. The minimum absolute atomic E-state index is 0.0331. The van der Waals surface area contributed by atoms with Crippen LogP contribution in [0.3, 0.4) is 0 Å². The molecule has 0 bridgehead atoms. The van der Waals surface area contributed by atoms with Gasteiger partial charge in [0.25, 0.3) is 0 Å². The molecule has 0 radical (unpaired) electrons. The maximum atomic E-state index is 12.8. The summed E-state index contributed by atoms with van der Waals surface area (Å²) >= 11 is 6.04. The Balaban J connectivity index is 2.07. The number of carboxylic acid groups (broad SMARTS) is 1. The van der Waals surface area contributed by atoms with E-state index in [-0.39, 0.29) is 17.3 Å². The minimum Gasteiger partial charge on any atom is -0.478 e. The lowest BCUT2D eigenvalue weighted by atomic mass is 9.90. The van der Waals surface area contributed by atoms with Crippen molar-refractivity contribution in [2.45, 2.75) is 6.42 Å². The van der Waals surface area contributed by atoms with Crippen LogP contribution < -0.4 is 5.32 Å². The Labute approximate surface area is 139 Å². The highest BCUT2D eigenvalue weighted by molar-refractivity contribution is 6.31. The van der Waals surface area contributed by atoms with Crippen molar-refractivity contribution in [3.05, 3.63) is 58.6 Å². The van der Waals surface area contributed by atoms with Gasteiger partial charge in [-0.2, -0.15) is 0 Å². The fourth-order valence-electron chi connectivity index (χ4n) is 2.92. The predicted molar refractivity (Wildman–Crippen MR) is 89.2 cm³/mol. The number of hydrogen-bond acceptors (Lipinski definition) is 3. The van der Waals surface area contributed by atoms with Crippen molar-refractivity contribution >= 4 is 23.4 Å². The van der Waals surface area contributed by atoms with E-state index in [1.165, 1.54) is 6.07 Å². The molecule has 23 heavy (non-hydrogen) atoms. The fraction of sp³-hybridized carbons (Fsp3) is 0.222. The number of ketones is 1. The smallest absolute Gasteiger partial charge is 0.335 e. The van der Waals surface area contributed by atoms with Gasteiger partial charge in [0.1, 0.15) is 0 Å². The number of benzene rings is 2. The van der Waals surface area contributed by atoms with E-state index >= 15 is 0 Å². The van der Waals surface area contributed by atoms with E-state index in [9.17, 15) is 14.7 Å². The van der Waals surface area contributed by atoms with Gasteiger partial charge in [-0.15, -0.1) is 0 Å². The van der Waals surface area contributed by atoms with Gasteiger partial charge in [0.15, 0.2) is 5.78 Å². The molecule has 2 aromatic carbocycles. The Hall–Kier alpha value is -2.17. The third-order valence-electron chi connectivity index (χ3n) is 4.08. The van der Waals surface area contributed by atoms with E-state index in [4.69, 9.17) is 11.6 Å². The third kappa shape index (κ3) is 3.28. The second kappa shape index (κ2) is 6.52. The predicted octanol–water partition coefficient (Wildman–Crippen LogP) is 3.50. The van der Waals surface area contributed by atoms with Gasteiger partial charge in [0.2, 0.25) is 0 Å². The first-order valence-electron chi connectivity index (χ1n) is 7.44. The van der Waals surface area contributed by atoms with Gasteiger partial charge in [0.05, 0.1) is 5.56 Å². The molecule has 1 aliphatic rings. The summed E-state index contributed by atoms with van der Waals surface area (Å²) in [7, 11) is 0. The lowest BCUT2D eigenvalue weighted by Gasteiger charge is -2.13. The molecule has 1 saturated heterocycles. The topological polar surface area (TPSA) is 66.4 Å². The van der Waals surface area contributed by atoms with Crippen molar-refractivity contribution in [2.24, 2.45) is 5.92 Å². The molecule has 0 aliphatic carbocycles. The summed E-state index contributed by atoms with van der Waals surface area (Å²) < 4.78 is 0. The van der Waals surface area contributed by atoms with Crippen LogP contribution in [0.15, 0.2) is 42.5 Å². The molecule has 1 aliphatic heterocycles. The molecule has 118 valence electrons. The number of aromatic carboxylic acids is 1. The average Bonchev–Trinajstić information content (AvgIpc) is 3.08. The van der Waals surface area contributed by atoms with E-state index < -0.39 is 5.97 Å². The third-order valence-corrected chi connectivity index (χ3v) is 4.30. The summed E-state index contributed by atoms with van der Waals surface area (Å²) in [4.78, 5) is 24.0. The average molecular weight is 330 g/mol. The van der Waals surface area contributed by atoms with E-state index in [0.717, 1.165) is 18.5 Å². The van der Waals surface area contributed by atoms with Crippen LogP contribution in [0.2, 0.25) is 5.02 Å². The van der Waals surface area contributed by atoms with Crippen LogP contribution in [-0.2, 0) is 0 Å². The van der Waals surface area contributed by atoms with Gasteiger partial charge in [-0.05, 0) is 42.3 Å². The molecule has 2 aromatic rings. The number of carbonyl (C=O) groups is 2. The minimum atomic E-state index is -1.04. The Morgan fingerprint density at radius 2 is 1.96 bits per heavy atom. The van der Waals surface area contributed by atoms with Crippen LogP contribution in [0.4, 0.5) is 0 Å². The Bertz CT molecular complexity index is 767. The molecule has 1 unspecified atom stereocenters. The van der Waals surface area contributed by atoms with Crippen molar-refractivity contribution in [3.8, 4) is 11.1 Å². The SMILES string of the molecule is O=C(O)c1cc(Cl)cc(-c2ccccc2C(=O)C2CCNC2)c1. The molecular weight excluding hydrogens is 314 g/mol. The summed E-state index contributed by atoms with van der Waals surface area (Å²) in [6, 6.07) is 11.9. The van der Waals surface area contributed by atoms with E-state index in [0.29, 0.717) is 22.7 Å². The largest absolute Gasteiger partial charge is 0.478 e. The van der Waals surface area contributed by atoms with E-state index in [1.807, 2.05) is 18.2 Å². The number of Topliss-reactive ketones (excluding diaryl/α,β-unsaturated/α-hetero) is 1. The van der Waals surface area contributed by atoms with Crippen molar-refractivity contribution in [3.63, 3.8) is 0 Å². The second-order valence-corrected chi connectivity index (χ2v) is 6.07. The molecule has 0 amide bonds. The Morgan fingerprint density at radius 3 is 2.65 bits per heavy atom. The molecule has 3 rings (SSSR count). The molecular formula is C18H16ClNO3. The molecule has 0 aromatic heterocycles. The first-order chi connectivity index (χ1) is 11.1. The summed E-state index contributed by atoms with van der Waals surface area (Å²) in [5, 5.41) is 12.7. The molecule has 0 saturated carbocycles. The molecule has 4 nitrogen and oxygen atoms in total. The normalized spacial score (nSPS) is 17.2. The van der Waals surface area contributed by atoms with Gasteiger partial charge in [-0.3, -0.25) is 4.79 Å². The zero-order chi connectivity index (χ0) is 16.4. The Kier molecular flexibility index (Phi) is 4.46. The van der Waals surface area contributed by atoms with E-state index in [1.54, 1.807) is 18.2 Å². The van der Waals surface area contributed by atoms with Crippen LogP contribution in [0.1, 0.15) is 27.1 Å². The Morgan fingerprint density at radius 1 is 1.17 bits per heavy atom. The number of halogens is 1. The van der Waals surface area contributed by atoms with Gasteiger partial charge in [0, 0.05) is 23.0 Å². The van der Waals surface area contributed by atoms with Gasteiger partial charge < -0.3 is 10.4 Å². The maximum absolute atomic E-state index is 12.8. The van der Waals surface area contributed by atoms with Gasteiger partial charge in [-0.25, -0.2) is 4.79 Å². The monoisotopic (exact) mass is 329 g/mol. The van der Waals surface area contributed by atoms with Crippen LogP contribution >= 0.6 is 11.6 Å². The van der Waals surface area contributed by atoms with Crippen LogP contribution in [0, 0.1) is 5.92 Å². The number of carbonyl (C=O) groups excluding carboxylic acids is 1. The van der Waals surface area contributed by atoms with Crippen molar-refractivity contribution in [1.29, 1.82) is 0 Å². The number of hydrogen-bond donors (Lipinski definition) is 2. The van der Waals surface area contributed by atoms with Crippen molar-refractivity contribution < 1.29 is 14.7 Å². The zero-order valence-electron chi connectivity index (χ0n) is 12.4. The van der Waals surface area contributed by atoms with Crippen molar-refractivity contribution in [1.82, 2.24) is 5.32 Å². The summed E-state index contributed by atoms with van der Waals surface area (Å²) in [6.45, 7) is 1.53. The highest BCUT2D eigenvalue weighted by atomic mass is 35.5. The highest BCUT2D eigenvalue weighted by Crippen LogP contribution is 2.30. The van der Waals surface area contributed by atoms with Crippen LogP contribution in [0.25, 0.3) is 11.1 Å². The number of rotatable bonds is 4. The number of nitrogens with one attached hydrogen (secondary N) is 1. The fourth-order valence-corrected chi connectivity index (χ4v) is 3.15. The second-order valence-electron chi connectivity index (χ2n) is 5.63. The molecule has 1 heterocycles. The highest BCUT2D eigenvalue weighted by Gasteiger charge is 2.25. The molecule has 1 fully saturated rings. The van der Waals surface area contributed by atoms with E-state index in [2.05, 4.69) is 5.32 Å². The summed E-state index contributed by atoms with van der Waals surface area (Å²) in [5.41, 5.74) is 2.08. The van der Waals surface area contributed by atoms with Crippen molar-refractivity contribution in [2.75, 3.05) is 13.1 Å². The summed E-state index contributed by atoms with van der Waals surface area (Å²) in [5.74, 6) is -0.991. The summed E-state index contributed by atoms with van der Waals surface area (Å²) in [6.07, 6.45) is 0.823.